The summed E-state index contributed by atoms with van der Waals surface area (Å²) in [5.74, 6) is -7.18. The Hall–Kier alpha value is -6.67. The molecular weight excluding hydrogens is 1070 g/mol. The van der Waals surface area contributed by atoms with Gasteiger partial charge in [-0.2, -0.15) is 45.3 Å². The van der Waals surface area contributed by atoms with Crippen LogP contribution in [0.3, 0.4) is 0 Å². The van der Waals surface area contributed by atoms with E-state index in [2.05, 4.69) is 37.7 Å². The van der Waals surface area contributed by atoms with Crippen molar-refractivity contribution in [1.82, 2.24) is 40.1 Å². The molecule has 0 spiro atoms. The fourth-order valence-corrected chi connectivity index (χ4v) is 9.38. The highest BCUT2D eigenvalue weighted by atomic mass is 35.5. The molecule has 2 aliphatic carbocycles. The number of nitrogens with two attached hydrogens (primary N) is 1. The smallest absolute Gasteiger partial charge is 0.370 e. The summed E-state index contributed by atoms with van der Waals surface area (Å²) < 4.78 is 197. The molecule has 3 atom stereocenters. The third kappa shape index (κ3) is 11.5. The van der Waals surface area contributed by atoms with Gasteiger partial charge in [-0.25, -0.2) is 34.9 Å². The van der Waals surface area contributed by atoms with E-state index >= 15 is 8.78 Å². The van der Waals surface area contributed by atoms with Crippen LogP contribution in [0.5, 0.6) is 0 Å². The molecule has 3 heterocycles. The summed E-state index contributed by atoms with van der Waals surface area (Å²) in [6.45, 7) is -2.01. The van der Waals surface area contributed by atoms with Gasteiger partial charge >= 0.3 is 12.4 Å². The number of nitrogens with zero attached hydrogens (tertiary/aromatic N) is 7. The van der Waals surface area contributed by atoms with Crippen molar-refractivity contribution in [2.45, 2.75) is 74.8 Å². The van der Waals surface area contributed by atoms with E-state index in [0.29, 0.717) is 15.1 Å². The molecule has 1 saturated carbocycles. The number of benzene rings is 2. The SMILES string of the molecule is CN(CCNC(=N)N)C(=O)CN(c1nn(CC(F)(F)F)c2c(-c3ccc(C#CC(C)(C)S(C)(=O)=O)nc3C(Cc3cc(F)cc(F)c3)NC(=O)Cn3nc(C(F)(F)F)c4c3C(F)(F)[C@@H]3C[C@H]43)ccc(Cl)c12)[SH](=O)=O. The number of carbonyl (C=O) groups is 2. The zero-order valence-electron chi connectivity index (χ0n) is 38.9. The highest BCUT2D eigenvalue weighted by Crippen LogP contribution is 2.68. The molecular formula is C44H42ClF10N11O6S2. The van der Waals surface area contributed by atoms with Crippen LogP contribution in [0.2, 0.25) is 5.02 Å². The second-order valence-corrected chi connectivity index (χ2v) is 21.9. The van der Waals surface area contributed by atoms with Gasteiger partial charge in [-0.1, -0.05) is 23.6 Å². The molecule has 17 nitrogen and oxygen atoms in total. The van der Waals surface area contributed by atoms with Crippen LogP contribution in [0, 0.1) is 34.8 Å². The minimum absolute atomic E-state index is 0.0633. The van der Waals surface area contributed by atoms with E-state index in [-0.39, 0.29) is 46.6 Å². The number of likely N-dealkylation sites (N-methyl/N-ethyl adjacent to an activating group) is 1. The average Bonchev–Trinajstić information content (AvgIpc) is 3.77. The van der Waals surface area contributed by atoms with Gasteiger partial charge < -0.3 is 21.3 Å². The fourth-order valence-electron chi connectivity index (χ4n) is 8.38. The van der Waals surface area contributed by atoms with Crippen molar-refractivity contribution >= 4 is 66.8 Å². The number of pyridine rings is 1. The molecule has 1 unspecified atom stereocenters. The Morgan fingerprint density at radius 2 is 1.68 bits per heavy atom. The van der Waals surface area contributed by atoms with Crippen molar-refractivity contribution in [1.29, 1.82) is 5.41 Å². The van der Waals surface area contributed by atoms with Gasteiger partial charge in [-0.05, 0) is 74.4 Å². The quantitative estimate of drug-likeness (QED) is 0.0270. The molecule has 30 heteroatoms. The average molecular weight is 1110 g/mol. The third-order valence-electron chi connectivity index (χ3n) is 12.2. The van der Waals surface area contributed by atoms with Crippen LogP contribution in [0.4, 0.5) is 49.7 Å². The molecule has 3 aromatic heterocycles. The second kappa shape index (κ2) is 19.9. The van der Waals surface area contributed by atoms with Crippen molar-refractivity contribution in [3.8, 4) is 23.0 Å². The molecule has 5 aromatic rings. The Labute approximate surface area is 420 Å². The van der Waals surface area contributed by atoms with Gasteiger partial charge in [-0.3, -0.25) is 24.4 Å². The molecule has 0 saturated heterocycles. The first kappa shape index (κ1) is 55.1. The van der Waals surface area contributed by atoms with Crippen LogP contribution in [0.15, 0.2) is 42.5 Å². The molecule has 2 amide bonds. The molecule has 1 fully saturated rings. The number of amides is 2. The number of fused-ring (bicyclic) bond motifs is 4. The van der Waals surface area contributed by atoms with Gasteiger partial charge in [0.25, 0.3) is 5.92 Å². The Morgan fingerprint density at radius 1 is 1.03 bits per heavy atom. The van der Waals surface area contributed by atoms with Crippen LogP contribution in [-0.4, -0.2) is 108 Å². The zero-order valence-corrected chi connectivity index (χ0v) is 41.4. The Balaban J connectivity index is 1.44. The molecule has 74 heavy (non-hydrogen) atoms. The van der Waals surface area contributed by atoms with Gasteiger partial charge in [0, 0.05) is 55.1 Å². The lowest BCUT2D eigenvalue weighted by Gasteiger charge is -2.23. The van der Waals surface area contributed by atoms with Gasteiger partial charge in [0.1, 0.15) is 47.4 Å². The molecule has 5 N–H and O–H groups in total. The van der Waals surface area contributed by atoms with E-state index < -0.39 is 161 Å². The number of alkyl halides is 8. The van der Waals surface area contributed by atoms with Gasteiger partial charge in [0.05, 0.1) is 27.7 Å². The maximum atomic E-state index is 15.6. The number of anilines is 1. The second-order valence-electron chi connectivity index (χ2n) is 18.0. The normalized spacial score (nSPS) is 16.5. The van der Waals surface area contributed by atoms with E-state index in [0.717, 1.165) is 41.5 Å². The van der Waals surface area contributed by atoms with Crippen molar-refractivity contribution in [2.24, 2.45) is 11.7 Å². The first-order valence-electron chi connectivity index (χ1n) is 21.7. The summed E-state index contributed by atoms with van der Waals surface area (Å²) in [4.78, 5) is 33.1. The van der Waals surface area contributed by atoms with Gasteiger partial charge in [-0.15, -0.1) is 0 Å². The maximum absolute atomic E-state index is 15.6. The van der Waals surface area contributed by atoms with E-state index in [1.807, 2.05) is 0 Å². The monoisotopic (exact) mass is 1110 g/mol. The highest BCUT2D eigenvalue weighted by Gasteiger charge is 2.68. The largest absolute Gasteiger partial charge is 0.435 e. The predicted molar refractivity (Wildman–Crippen MR) is 248 cm³/mol. The van der Waals surface area contributed by atoms with Crippen LogP contribution in [0.1, 0.15) is 66.1 Å². The lowest BCUT2D eigenvalue weighted by atomic mass is 9.93. The van der Waals surface area contributed by atoms with E-state index in [9.17, 15) is 61.5 Å². The number of guanidine groups is 1. The van der Waals surface area contributed by atoms with Crippen LogP contribution >= 0.6 is 11.6 Å². The number of hydrogen-bond donors (Lipinski definition) is 5. The molecule has 0 bridgehead atoms. The number of carbonyl (C=O) groups excluding carboxylic acids is 2. The van der Waals surface area contributed by atoms with E-state index in [1.54, 1.807) is 0 Å². The number of rotatable bonds is 16. The molecule has 0 radical (unpaired) electrons. The topological polar surface area (TPSA) is 231 Å². The number of nitrogens with one attached hydrogen (secondary N) is 3. The van der Waals surface area contributed by atoms with Crippen molar-refractivity contribution < 1.29 is 70.3 Å². The van der Waals surface area contributed by atoms with E-state index in [1.165, 1.54) is 27.0 Å². The van der Waals surface area contributed by atoms with Crippen molar-refractivity contribution in [3.05, 3.63) is 93.0 Å². The summed E-state index contributed by atoms with van der Waals surface area (Å²) in [7, 11) is -6.56. The number of hydrogen-bond acceptors (Lipinski definition) is 10. The number of halogens is 11. The summed E-state index contributed by atoms with van der Waals surface area (Å²) in [5, 5.41) is 18.6. The Bertz CT molecular complexity index is 3340. The van der Waals surface area contributed by atoms with Crippen LogP contribution < -0.4 is 20.7 Å². The van der Waals surface area contributed by atoms with Gasteiger partial charge in [0.15, 0.2) is 27.3 Å². The van der Waals surface area contributed by atoms with Crippen LogP contribution in [-0.2, 0) is 61.9 Å². The first-order valence-corrected chi connectivity index (χ1v) is 25.1. The first-order chi connectivity index (χ1) is 34.2. The fraction of sp³-hybridized carbons (Fsp3) is 0.409. The lowest BCUT2D eigenvalue weighted by Crippen LogP contribution is -2.42. The maximum Gasteiger partial charge on any atom is 0.435 e. The minimum Gasteiger partial charge on any atom is -0.370 e. The molecule has 398 valence electrons. The number of aromatic nitrogens is 5. The molecule has 7 rings (SSSR count). The van der Waals surface area contributed by atoms with Crippen molar-refractivity contribution in [2.75, 3.05) is 37.2 Å². The van der Waals surface area contributed by atoms with Crippen molar-refractivity contribution in [3.63, 3.8) is 0 Å². The number of sulfone groups is 1. The summed E-state index contributed by atoms with van der Waals surface area (Å²) in [5.41, 5.74) is -0.466. The summed E-state index contributed by atoms with van der Waals surface area (Å²) in [6.07, 6.45) is -10.4. The summed E-state index contributed by atoms with van der Waals surface area (Å²) >= 11 is 6.65. The number of thiol groups is 1. The van der Waals surface area contributed by atoms with Gasteiger partial charge in [0.2, 0.25) is 22.7 Å². The Morgan fingerprint density at radius 3 is 2.27 bits per heavy atom. The summed E-state index contributed by atoms with van der Waals surface area (Å²) in [6, 6.07) is 4.88. The predicted octanol–water partition coefficient (Wildman–Crippen LogP) is 5.57. The third-order valence-corrected chi connectivity index (χ3v) is 15.2. The molecule has 0 aliphatic heterocycles. The zero-order chi connectivity index (χ0) is 54.8. The Kier molecular flexibility index (Phi) is 14.8. The molecule has 2 aliphatic rings. The lowest BCUT2D eigenvalue weighted by molar-refractivity contribution is -0.143. The molecule has 2 aromatic carbocycles. The highest BCUT2D eigenvalue weighted by molar-refractivity contribution is 7.92. The van der Waals surface area contributed by atoms with Crippen LogP contribution in [0.25, 0.3) is 22.0 Å². The minimum atomic E-state index is -5.22. The standard InChI is InChI=1S/C44H42ClF10N11O6S2/c1-41(2,74(4,71)72)10-9-24-5-6-25(26-7-8-29(45)34-36(26)65(20-42(48,49)50)62-39(34)66(73(69)70)19-32(68)63(3)12-11-58-40(56)57)35(59-24)30(15-21-13-22(46)16-23(47)14-21)60-31(67)18-64-38-33(37(61-64)44(53,54)55)27-17-28(27)43(38,51)52/h5-8,13-14,16,27-28,30,73H,11-12,15,17-20H2,1-4H3,(H,60,67)(H4,56,57,58)/t27-,28+,30?/m0/s1. The van der Waals surface area contributed by atoms with E-state index in [4.69, 9.17) is 22.7 Å².